The number of rotatable bonds is 3. The van der Waals surface area contributed by atoms with Crippen molar-refractivity contribution >= 4 is 19.9 Å². The molecule has 1 saturated carbocycles. The fraction of sp³-hybridized carbons (Fsp3) is 0.636. The molecule has 0 atom stereocenters. The molecule has 172 valence electrons. The van der Waals surface area contributed by atoms with E-state index >= 15 is 0 Å². The van der Waals surface area contributed by atoms with Gasteiger partial charge in [0.1, 0.15) is 0 Å². The van der Waals surface area contributed by atoms with Gasteiger partial charge in [0.2, 0.25) is 0 Å². The normalized spacial score (nSPS) is 28.8. The molecule has 4 bridgehead atoms. The Morgan fingerprint density at radius 1 is 0.903 bits per heavy atom. The largest absolute Gasteiger partial charge is 2.00 e. The van der Waals surface area contributed by atoms with Crippen molar-refractivity contribution in [1.29, 1.82) is 0 Å². The van der Waals surface area contributed by atoms with Crippen molar-refractivity contribution < 1.29 is 39.3 Å². The molecule has 6 rings (SSSR count). The summed E-state index contributed by atoms with van der Waals surface area (Å²) in [6, 6.07) is 8.71. The number of nitrogens with zero attached hydrogens (tertiary/aromatic N) is 3. The van der Waals surface area contributed by atoms with Gasteiger partial charge in [-0.2, -0.15) is 0 Å². The monoisotopic (exact) mass is 535 g/mol. The summed E-state index contributed by atoms with van der Waals surface area (Å²) in [5, 5.41) is 20.4. The number of hydrogen-bond acceptors (Lipinski definition) is 7. The molecule has 4 aliphatic heterocycles. The molecule has 1 aromatic rings. The van der Waals surface area contributed by atoms with Crippen molar-refractivity contribution in [2.45, 2.75) is 46.0 Å². The van der Waals surface area contributed by atoms with E-state index in [9.17, 15) is 19.8 Å². The van der Waals surface area contributed by atoms with Gasteiger partial charge in [-0.1, -0.05) is 58.0 Å². The number of carbonyl (C=O) groups excluding carboxylic acids is 2. The molecule has 4 saturated heterocycles. The van der Waals surface area contributed by atoms with Gasteiger partial charge in [-0.15, -0.1) is 0 Å². The molecule has 4 heterocycles. The first-order chi connectivity index (χ1) is 14.2. The van der Waals surface area contributed by atoms with E-state index in [2.05, 4.69) is 59.7 Å². The molecule has 5 aliphatic rings. The zero-order valence-electron chi connectivity index (χ0n) is 18.5. The van der Waals surface area contributed by atoms with E-state index in [1.165, 1.54) is 50.0 Å². The topological polar surface area (TPSA) is 90.0 Å². The summed E-state index contributed by atoms with van der Waals surface area (Å²) in [5.74, 6) is -2.38. The Hall–Kier alpha value is -0.907. The van der Waals surface area contributed by atoms with Crippen molar-refractivity contribution in [1.82, 2.24) is 14.7 Å². The van der Waals surface area contributed by atoms with Crippen LogP contribution in [0.1, 0.15) is 50.2 Å². The summed E-state index contributed by atoms with van der Waals surface area (Å²) < 4.78 is 0. The van der Waals surface area contributed by atoms with Crippen LogP contribution in [0.15, 0.2) is 24.3 Å². The van der Waals surface area contributed by atoms with E-state index in [1.54, 1.807) is 0 Å². The maximum atomic E-state index is 10.2. The third-order valence-electron chi connectivity index (χ3n) is 6.13. The molecule has 5 fully saturated rings. The van der Waals surface area contributed by atoms with Crippen molar-refractivity contribution in [3.63, 3.8) is 0 Å². The number of carboxylic acid groups (broad SMARTS) is 2. The number of benzene rings is 1. The van der Waals surface area contributed by atoms with Crippen LogP contribution in [0.2, 0.25) is 0 Å². The quantitative estimate of drug-likeness (QED) is 0.324. The van der Waals surface area contributed by atoms with E-state index in [0.717, 1.165) is 0 Å². The van der Waals surface area contributed by atoms with Crippen molar-refractivity contribution in [2.24, 2.45) is 5.41 Å². The number of carboxylic acids is 2. The first-order valence-electron chi connectivity index (χ1n) is 10.6. The van der Waals surface area contributed by atoms with Crippen LogP contribution in [-0.4, -0.2) is 65.5 Å². The van der Waals surface area contributed by atoms with Crippen LogP contribution in [0.4, 0.5) is 0 Å². The molecule has 7 nitrogen and oxygen atoms in total. The fourth-order valence-electron chi connectivity index (χ4n) is 4.21. The molecule has 0 aromatic heterocycles. The average molecular weight is 535 g/mol. The molecule has 1 aliphatic carbocycles. The second-order valence-electron chi connectivity index (χ2n) is 9.11. The van der Waals surface area contributed by atoms with E-state index < -0.39 is 17.4 Å². The van der Waals surface area contributed by atoms with Crippen LogP contribution < -0.4 is 10.2 Å². The number of hydrogen-bond donors (Lipinski definition) is 0. The minimum absolute atomic E-state index is 0. The van der Waals surface area contributed by atoms with E-state index in [4.69, 9.17) is 0 Å². The Balaban J connectivity index is 0.000000163. The van der Waals surface area contributed by atoms with Gasteiger partial charge < -0.3 is 19.8 Å². The van der Waals surface area contributed by atoms with Crippen LogP contribution in [0.3, 0.4) is 0 Å². The number of aryl methyl sites for hydroxylation is 1. The Kier molecular flexibility index (Phi) is 9.60. The number of aliphatic carboxylic acids is 2. The third kappa shape index (κ3) is 6.55. The van der Waals surface area contributed by atoms with Gasteiger partial charge in [-0.25, -0.2) is 0 Å². The van der Waals surface area contributed by atoms with Gasteiger partial charge in [0, 0.05) is 24.3 Å². The summed E-state index contributed by atoms with van der Waals surface area (Å²) in [7, 11) is 0.366. The molecular formula is C22H32N3O4PRu. The van der Waals surface area contributed by atoms with Crippen molar-refractivity contribution in [3.8, 4) is 0 Å². The fourth-order valence-corrected chi connectivity index (χ4v) is 6.71. The smallest absolute Gasteiger partial charge is 0.549 e. The Morgan fingerprint density at radius 2 is 1.32 bits per heavy atom. The first kappa shape index (κ1) is 26.3. The van der Waals surface area contributed by atoms with Crippen LogP contribution >= 0.6 is 7.92 Å². The Bertz CT molecular complexity index is 683. The summed E-state index contributed by atoms with van der Waals surface area (Å²) >= 11 is 0. The van der Waals surface area contributed by atoms with E-state index in [0.29, 0.717) is 20.3 Å². The van der Waals surface area contributed by atoms with Crippen LogP contribution in [-0.2, 0) is 29.1 Å². The maximum Gasteiger partial charge on any atom is 2.00 e. The van der Waals surface area contributed by atoms with Crippen molar-refractivity contribution in [2.75, 3.05) is 38.9 Å². The van der Waals surface area contributed by atoms with E-state index in [1.807, 2.05) is 0 Å². The molecule has 9 heteroatoms. The molecule has 0 radical (unpaired) electrons. The van der Waals surface area contributed by atoms with Crippen molar-refractivity contribution in [3.05, 3.63) is 35.4 Å². The van der Waals surface area contributed by atoms with Crippen LogP contribution in [0.25, 0.3) is 0 Å². The number of carbonyl (C=O) groups is 2. The summed E-state index contributed by atoms with van der Waals surface area (Å²) in [5.41, 5.74) is 1.09. The Labute approximate surface area is 199 Å². The predicted octanol–water partition coefficient (Wildman–Crippen LogP) is 0.933. The summed E-state index contributed by atoms with van der Waals surface area (Å²) in [6.07, 6.45) is 5.18. The standard InChI is InChI=1S/C10H14.C6H12N3P.C6H8O4.Ru/c1-8(2)10-6-4-9(3)5-7-10;1-7-2-9-3-8(1)5-10(4-7)6-9;7-4(8)6(5(9)10)2-1-3-6;/h4-8H,1-3H3;1-6H2;1-3H2,(H,7,8)(H,9,10);/q;;;+2/p-2. The van der Waals surface area contributed by atoms with Gasteiger partial charge in [0.25, 0.3) is 0 Å². The second kappa shape index (κ2) is 11.3. The molecule has 31 heavy (non-hydrogen) atoms. The van der Waals surface area contributed by atoms with Gasteiger partial charge in [-0.3, -0.25) is 14.7 Å². The minimum atomic E-state index is -1.67. The molecular weight excluding hydrogens is 502 g/mol. The van der Waals surface area contributed by atoms with Crippen LogP contribution in [0.5, 0.6) is 0 Å². The first-order valence-corrected chi connectivity index (χ1v) is 12.5. The summed E-state index contributed by atoms with van der Waals surface area (Å²) in [4.78, 5) is 28.1. The van der Waals surface area contributed by atoms with E-state index in [-0.39, 0.29) is 32.3 Å². The minimum Gasteiger partial charge on any atom is -0.549 e. The molecule has 0 spiro atoms. The van der Waals surface area contributed by atoms with Crippen LogP contribution in [0, 0.1) is 12.3 Å². The predicted molar refractivity (Wildman–Crippen MR) is 113 cm³/mol. The van der Waals surface area contributed by atoms with Gasteiger partial charge in [0.05, 0.1) is 31.9 Å². The summed E-state index contributed by atoms with van der Waals surface area (Å²) in [6.45, 7) is 10.3. The van der Waals surface area contributed by atoms with Gasteiger partial charge in [-0.05, 0) is 31.2 Å². The molecule has 1 aromatic carbocycles. The zero-order valence-corrected chi connectivity index (χ0v) is 21.2. The molecule has 0 unspecified atom stereocenters. The molecule has 0 N–H and O–H groups in total. The SMILES string of the molecule is C1N2CN3CN1CP(C2)C3.Cc1ccc(C(C)C)cc1.O=C([O-])C1(C(=O)[O-])CCC1.[Ru+2]. The average Bonchev–Trinajstić information content (AvgIpc) is 2.60. The van der Waals surface area contributed by atoms with Gasteiger partial charge >= 0.3 is 19.5 Å². The molecule has 0 amide bonds. The third-order valence-corrected chi connectivity index (χ3v) is 8.53. The maximum absolute atomic E-state index is 10.2. The zero-order chi connectivity index (χ0) is 21.9. The second-order valence-corrected chi connectivity index (χ2v) is 11.3. The Morgan fingerprint density at radius 3 is 1.55 bits per heavy atom. The van der Waals surface area contributed by atoms with Gasteiger partial charge in [0.15, 0.2) is 0 Å².